The molecule has 8 nitrogen and oxygen atoms in total. The van der Waals surface area contributed by atoms with Gasteiger partial charge in [-0.3, -0.25) is 13.9 Å². The summed E-state index contributed by atoms with van der Waals surface area (Å²) in [7, 11) is 3.20. The number of morpholine rings is 1. The van der Waals surface area contributed by atoms with Crippen molar-refractivity contribution in [1.82, 2.24) is 18.7 Å². The lowest BCUT2D eigenvalue weighted by molar-refractivity contribution is -0.922. The SMILES string of the molecule is Cn1c(=O)c2c(nc(C[NH+]3CCOCC3)n2CCCc2ccccc2)n(C)c1=O. The third-order valence-corrected chi connectivity index (χ3v) is 5.73. The largest absolute Gasteiger partial charge is 0.370 e. The number of fused-ring (bicyclic) bond motifs is 1. The van der Waals surface area contributed by atoms with Crippen molar-refractivity contribution in [3.8, 4) is 0 Å². The van der Waals surface area contributed by atoms with Gasteiger partial charge < -0.3 is 14.2 Å². The molecule has 1 N–H and O–H groups in total. The van der Waals surface area contributed by atoms with Crippen molar-refractivity contribution in [1.29, 1.82) is 0 Å². The number of benzene rings is 1. The minimum absolute atomic E-state index is 0.279. The van der Waals surface area contributed by atoms with E-state index in [2.05, 4.69) is 12.1 Å². The summed E-state index contributed by atoms with van der Waals surface area (Å²) in [5.74, 6) is 0.864. The van der Waals surface area contributed by atoms with E-state index in [9.17, 15) is 9.59 Å². The lowest BCUT2D eigenvalue weighted by atomic mass is 10.1. The normalized spacial score (nSPS) is 15.2. The molecule has 0 aliphatic carbocycles. The van der Waals surface area contributed by atoms with Crippen LogP contribution in [0.15, 0.2) is 39.9 Å². The van der Waals surface area contributed by atoms with E-state index < -0.39 is 0 Å². The van der Waals surface area contributed by atoms with E-state index in [1.807, 2.05) is 22.8 Å². The van der Waals surface area contributed by atoms with Gasteiger partial charge in [-0.25, -0.2) is 9.78 Å². The van der Waals surface area contributed by atoms with Gasteiger partial charge in [-0.1, -0.05) is 30.3 Å². The Labute approximate surface area is 169 Å². The van der Waals surface area contributed by atoms with Crippen LogP contribution in [0.4, 0.5) is 0 Å². The summed E-state index contributed by atoms with van der Waals surface area (Å²) in [5, 5.41) is 0. The summed E-state index contributed by atoms with van der Waals surface area (Å²) < 4.78 is 10.1. The first kappa shape index (κ1) is 19.6. The number of nitrogens with one attached hydrogen (secondary N) is 1. The fourth-order valence-corrected chi connectivity index (χ4v) is 4.01. The van der Waals surface area contributed by atoms with Gasteiger partial charge in [0, 0.05) is 20.6 Å². The molecule has 29 heavy (non-hydrogen) atoms. The van der Waals surface area contributed by atoms with Gasteiger partial charge in [0.25, 0.3) is 5.56 Å². The average molecular weight is 398 g/mol. The summed E-state index contributed by atoms with van der Waals surface area (Å²) >= 11 is 0. The van der Waals surface area contributed by atoms with Crippen LogP contribution in [0.25, 0.3) is 11.2 Å². The number of imidazole rings is 1. The van der Waals surface area contributed by atoms with Crippen molar-refractivity contribution >= 4 is 11.2 Å². The van der Waals surface area contributed by atoms with E-state index in [0.29, 0.717) is 17.7 Å². The van der Waals surface area contributed by atoms with Crippen molar-refractivity contribution in [2.45, 2.75) is 25.9 Å². The highest BCUT2D eigenvalue weighted by atomic mass is 16.5. The number of hydrogen-bond acceptors (Lipinski definition) is 4. The maximum atomic E-state index is 12.9. The maximum Gasteiger partial charge on any atom is 0.332 e. The zero-order valence-corrected chi connectivity index (χ0v) is 17.1. The number of rotatable bonds is 6. The van der Waals surface area contributed by atoms with Crippen molar-refractivity contribution in [3.63, 3.8) is 0 Å². The molecule has 3 aromatic rings. The monoisotopic (exact) mass is 398 g/mol. The fourth-order valence-electron chi connectivity index (χ4n) is 4.01. The molecule has 1 aliphatic heterocycles. The summed E-state index contributed by atoms with van der Waals surface area (Å²) in [5.41, 5.74) is 1.64. The van der Waals surface area contributed by atoms with Crippen molar-refractivity contribution < 1.29 is 9.64 Å². The van der Waals surface area contributed by atoms with Gasteiger partial charge in [-0.2, -0.15) is 0 Å². The number of aryl methyl sites for hydroxylation is 3. The van der Waals surface area contributed by atoms with Crippen LogP contribution in [0, 0.1) is 0 Å². The second kappa shape index (κ2) is 8.34. The molecule has 3 heterocycles. The van der Waals surface area contributed by atoms with E-state index in [1.165, 1.54) is 26.6 Å². The second-order valence-corrected chi connectivity index (χ2v) is 7.69. The summed E-state index contributed by atoms with van der Waals surface area (Å²) in [4.78, 5) is 31.4. The highest BCUT2D eigenvalue weighted by Crippen LogP contribution is 2.13. The molecule has 0 radical (unpaired) electrons. The Balaban J connectivity index is 1.70. The third-order valence-electron chi connectivity index (χ3n) is 5.73. The number of aromatic nitrogens is 4. The van der Waals surface area contributed by atoms with Gasteiger partial charge in [0.15, 0.2) is 17.0 Å². The van der Waals surface area contributed by atoms with Crippen LogP contribution in [-0.4, -0.2) is 45.0 Å². The van der Waals surface area contributed by atoms with Crippen LogP contribution < -0.4 is 16.1 Å². The number of hydrogen-bond donors (Lipinski definition) is 1. The molecule has 0 unspecified atom stereocenters. The molecule has 1 saturated heterocycles. The topological polar surface area (TPSA) is 75.5 Å². The van der Waals surface area contributed by atoms with Crippen LogP contribution in [0.1, 0.15) is 17.8 Å². The standard InChI is InChI=1S/C21H27N5O3/c1-23-19-18(20(27)24(2)21(23)28)26(10-6-9-16-7-4-3-5-8-16)17(22-19)15-25-11-13-29-14-12-25/h3-5,7-8H,6,9-15H2,1-2H3/p+1. The Morgan fingerprint density at radius 1 is 1.07 bits per heavy atom. The zero-order valence-electron chi connectivity index (χ0n) is 17.1. The van der Waals surface area contributed by atoms with Gasteiger partial charge in [-0.05, 0) is 18.4 Å². The Kier molecular flexibility index (Phi) is 5.64. The fraction of sp³-hybridized carbons (Fsp3) is 0.476. The third kappa shape index (κ3) is 3.90. The molecule has 154 valence electrons. The van der Waals surface area contributed by atoms with E-state index >= 15 is 0 Å². The molecule has 0 atom stereocenters. The molecular formula is C21H28N5O3+. The van der Waals surface area contributed by atoms with E-state index in [-0.39, 0.29) is 11.2 Å². The van der Waals surface area contributed by atoms with Gasteiger partial charge in [0.05, 0.1) is 13.2 Å². The van der Waals surface area contributed by atoms with Crippen LogP contribution in [0.2, 0.25) is 0 Å². The maximum absolute atomic E-state index is 12.9. The summed E-state index contributed by atoms with van der Waals surface area (Å²) in [6.45, 7) is 4.74. The van der Waals surface area contributed by atoms with Crippen molar-refractivity contribution in [2.24, 2.45) is 14.1 Å². The molecule has 4 rings (SSSR count). The molecule has 0 spiro atoms. The summed E-state index contributed by atoms with van der Waals surface area (Å²) in [6, 6.07) is 10.3. The molecule has 0 bridgehead atoms. The van der Waals surface area contributed by atoms with Gasteiger partial charge >= 0.3 is 5.69 Å². The van der Waals surface area contributed by atoms with Crippen molar-refractivity contribution in [2.75, 3.05) is 26.3 Å². The first-order chi connectivity index (χ1) is 14.1. The number of quaternary nitrogens is 1. The van der Waals surface area contributed by atoms with Crippen molar-refractivity contribution in [3.05, 3.63) is 62.6 Å². The molecule has 1 aromatic carbocycles. The van der Waals surface area contributed by atoms with Gasteiger partial charge in [-0.15, -0.1) is 0 Å². The second-order valence-electron chi connectivity index (χ2n) is 7.69. The quantitative estimate of drug-likeness (QED) is 0.607. The first-order valence-corrected chi connectivity index (χ1v) is 10.2. The molecule has 1 aliphatic rings. The van der Waals surface area contributed by atoms with Crippen LogP contribution in [-0.2, 0) is 38.3 Å². The summed E-state index contributed by atoms with van der Waals surface area (Å²) in [6.07, 6.45) is 1.82. The Hall–Kier alpha value is -2.71. The molecular weight excluding hydrogens is 370 g/mol. The average Bonchev–Trinajstić information content (AvgIpc) is 3.10. The lowest BCUT2D eigenvalue weighted by Gasteiger charge is -2.23. The zero-order chi connectivity index (χ0) is 20.4. The minimum atomic E-state index is -0.346. The van der Waals surface area contributed by atoms with Gasteiger partial charge in [0.1, 0.15) is 19.6 Å². The predicted octanol–water partition coefficient (Wildman–Crippen LogP) is -0.518. The Bertz CT molecular complexity index is 1110. The van der Waals surface area contributed by atoms with Crippen LogP contribution in [0.3, 0.4) is 0 Å². The number of ether oxygens (including phenoxy) is 1. The Morgan fingerprint density at radius 3 is 2.52 bits per heavy atom. The van der Waals surface area contributed by atoms with E-state index in [1.54, 1.807) is 7.05 Å². The molecule has 0 amide bonds. The van der Waals surface area contributed by atoms with E-state index in [0.717, 1.165) is 51.5 Å². The van der Waals surface area contributed by atoms with E-state index in [4.69, 9.17) is 9.72 Å². The minimum Gasteiger partial charge on any atom is -0.370 e. The molecule has 0 saturated carbocycles. The predicted molar refractivity (Wildman–Crippen MR) is 110 cm³/mol. The number of nitrogens with zero attached hydrogens (tertiary/aromatic N) is 4. The highest BCUT2D eigenvalue weighted by molar-refractivity contribution is 5.71. The van der Waals surface area contributed by atoms with Crippen LogP contribution >= 0.6 is 0 Å². The Morgan fingerprint density at radius 2 is 1.79 bits per heavy atom. The first-order valence-electron chi connectivity index (χ1n) is 10.2. The molecule has 8 heteroatoms. The molecule has 2 aromatic heterocycles. The smallest absolute Gasteiger partial charge is 0.332 e. The highest BCUT2D eigenvalue weighted by Gasteiger charge is 2.23. The van der Waals surface area contributed by atoms with Gasteiger partial charge in [0.2, 0.25) is 0 Å². The van der Waals surface area contributed by atoms with Crippen LogP contribution in [0.5, 0.6) is 0 Å². The molecule has 1 fully saturated rings. The lowest BCUT2D eigenvalue weighted by Crippen LogP contribution is -3.12.